The van der Waals surface area contributed by atoms with Crippen LogP contribution in [0, 0.1) is 0 Å². The van der Waals surface area contributed by atoms with Crippen molar-refractivity contribution in [2.45, 2.75) is 25.4 Å². The van der Waals surface area contributed by atoms with Crippen molar-refractivity contribution in [1.29, 1.82) is 0 Å². The van der Waals surface area contributed by atoms with Crippen LogP contribution in [0.4, 0.5) is 0 Å². The smallest absolute Gasteiger partial charge is 0.222 e. The van der Waals surface area contributed by atoms with E-state index in [0.717, 1.165) is 40.3 Å². The second kappa shape index (κ2) is 9.21. The van der Waals surface area contributed by atoms with Crippen molar-refractivity contribution in [3.8, 4) is 5.75 Å². The van der Waals surface area contributed by atoms with Crippen molar-refractivity contribution >= 4 is 34.2 Å². The Morgan fingerprint density at radius 2 is 2.10 bits per heavy atom. The Kier molecular flexibility index (Phi) is 6.23. The summed E-state index contributed by atoms with van der Waals surface area (Å²) in [7, 11) is 1.66. The number of fused-ring (bicyclic) bond motifs is 2. The fraction of sp³-hybridized carbons (Fsp3) is 0.318. The molecule has 0 unspecified atom stereocenters. The Bertz CT molecular complexity index is 1150. The molecule has 0 bridgehead atoms. The first kappa shape index (κ1) is 20.3. The van der Waals surface area contributed by atoms with Gasteiger partial charge >= 0.3 is 0 Å². The van der Waals surface area contributed by atoms with E-state index in [9.17, 15) is 4.79 Å². The second-order valence-electron chi connectivity index (χ2n) is 7.07. The fourth-order valence-corrected chi connectivity index (χ4v) is 4.06. The standard InChI is InChI=1S/C22H25N5O2S/c1-29-17-6-7-19-16(15-17)8-12-26(19)13-9-21(28)23-18(10-14-30-2)22-25-24-20-5-3-4-11-27(20)22/h3-8,11-12,15,18H,9-10,13-14H2,1-2H3,(H,23,28)/t18-/m0/s1. The monoisotopic (exact) mass is 423 g/mol. The third kappa shape index (κ3) is 4.28. The van der Waals surface area contributed by atoms with Gasteiger partial charge in [-0.1, -0.05) is 6.07 Å². The highest BCUT2D eigenvalue weighted by molar-refractivity contribution is 7.98. The maximum Gasteiger partial charge on any atom is 0.222 e. The van der Waals surface area contributed by atoms with Crippen molar-refractivity contribution in [1.82, 2.24) is 24.5 Å². The molecule has 0 aliphatic rings. The van der Waals surface area contributed by atoms with Gasteiger partial charge in [-0.3, -0.25) is 9.20 Å². The molecule has 156 valence electrons. The summed E-state index contributed by atoms with van der Waals surface area (Å²) in [6.07, 6.45) is 7.20. The molecule has 8 heteroatoms. The van der Waals surface area contributed by atoms with E-state index < -0.39 is 0 Å². The van der Waals surface area contributed by atoms with E-state index in [4.69, 9.17) is 4.74 Å². The summed E-state index contributed by atoms with van der Waals surface area (Å²) in [6, 6.07) is 13.6. The van der Waals surface area contributed by atoms with Gasteiger partial charge in [-0.25, -0.2) is 0 Å². The van der Waals surface area contributed by atoms with Gasteiger partial charge in [-0.15, -0.1) is 10.2 Å². The third-order valence-corrected chi connectivity index (χ3v) is 5.80. The zero-order chi connectivity index (χ0) is 20.9. The van der Waals surface area contributed by atoms with E-state index in [1.54, 1.807) is 18.9 Å². The van der Waals surface area contributed by atoms with Crippen LogP contribution < -0.4 is 10.1 Å². The average molecular weight is 424 g/mol. The van der Waals surface area contributed by atoms with Crippen LogP contribution in [0.5, 0.6) is 5.75 Å². The topological polar surface area (TPSA) is 73.4 Å². The summed E-state index contributed by atoms with van der Waals surface area (Å²) in [5.74, 6) is 2.53. The number of carbonyl (C=O) groups excluding carboxylic acids is 1. The van der Waals surface area contributed by atoms with Crippen LogP contribution in [0.3, 0.4) is 0 Å². The quantitative estimate of drug-likeness (QED) is 0.444. The zero-order valence-electron chi connectivity index (χ0n) is 17.1. The summed E-state index contributed by atoms with van der Waals surface area (Å²) in [4.78, 5) is 12.8. The number of aromatic nitrogens is 4. The highest BCUT2D eigenvalue weighted by Crippen LogP contribution is 2.22. The number of benzene rings is 1. The van der Waals surface area contributed by atoms with Crippen LogP contribution >= 0.6 is 11.8 Å². The lowest BCUT2D eigenvalue weighted by Crippen LogP contribution is -2.31. The molecule has 4 aromatic rings. The molecular formula is C22H25N5O2S. The third-order valence-electron chi connectivity index (χ3n) is 5.16. The largest absolute Gasteiger partial charge is 0.497 e. The van der Waals surface area contributed by atoms with Crippen molar-refractivity contribution in [2.24, 2.45) is 0 Å². The van der Waals surface area contributed by atoms with Crippen molar-refractivity contribution in [2.75, 3.05) is 19.1 Å². The highest BCUT2D eigenvalue weighted by Gasteiger charge is 2.20. The number of thioether (sulfide) groups is 1. The second-order valence-corrected chi connectivity index (χ2v) is 8.06. The van der Waals surface area contributed by atoms with E-state index >= 15 is 0 Å². The van der Waals surface area contributed by atoms with Crippen molar-refractivity contribution in [3.63, 3.8) is 0 Å². The van der Waals surface area contributed by atoms with Crippen LogP contribution in [0.25, 0.3) is 16.6 Å². The summed E-state index contributed by atoms with van der Waals surface area (Å²) in [5, 5.41) is 12.8. The predicted molar refractivity (Wildman–Crippen MR) is 120 cm³/mol. The van der Waals surface area contributed by atoms with Gasteiger partial charge in [-0.05, 0) is 54.8 Å². The molecule has 7 nitrogen and oxygen atoms in total. The normalized spacial score (nSPS) is 12.3. The summed E-state index contributed by atoms with van der Waals surface area (Å²) in [6.45, 7) is 0.609. The van der Waals surface area contributed by atoms with Gasteiger partial charge in [0.2, 0.25) is 5.91 Å². The minimum Gasteiger partial charge on any atom is -0.497 e. The predicted octanol–water partition coefficient (Wildman–Crippen LogP) is 3.69. The lowest BCUT2D eigenvalue weighted by molar-refractivity contribution is -0.122. The first-order chi connectivity index (χ1) is 14.7. The zero-order valence-corrected chi connectivity index (χ0v) is 17.9. The highest BCUT2D eigenvalue weighted by atomic mass is 32.2. The molecule has 30 heavy (non-hydrogen) atoms. The van der Waals surface area contributed by atoms with Crippen LogP contribution in [0.2, 0.25) is 0 Å². The summed E-state index contributed by atoms with van der Waals surface area (Å²) < 4.78 is 9.32. The number of carbonyl (C=O) groups is 1. The Balaban J connectivity index is 1.45. The lowest BCUT2D eigenvalue weighted by Gasteiger charge is -2.17. The number of nitrogens with one attached hydrogen (secondary N) is 1. The molecule has 0 aliphatic carbocycles. The van der Waals surface area contributed by atoms with Gasteiger partial charge in [-0.2, -0.15) is 11.8 Å². The molecule has 3 heterocycles. The number of ether oxygens (including phenoxy) is 1. The van der Waals surface area contributed by atoms with E-state index in [1.165, 1.54) is 0 Å². The number of nitrogens with zero attached hydrogens (tertiary/aromatic N) is 4. The minimum atomic E-state index is -0.173. The molecule has 0 spiro atoms. The van der Waals surface area contributed by atoms with Crippen molar-refractivity contribution in [3.05, 3.63) is 60.7 Å². The molecule has 1 aromatic carbocycles. The van der Waals surface area contributed by atoms with Gasteiger partial charge in [0.25, 0.3) is 0 Å². The maximum absolute atomic E-state index is 12.8. The van der Waals surface area contributed by atoms with Crippen molar-refractivity contribution < 1.29 is 9.53 Å². The van der Waals surface area contributed by atoms with E-state index in [2.05, 4.69) is 26.3 Å². The van der Waals surface area contributed by atoms with Gasteiger partial charge in [0.1, 0.15) is 5.75 Å². The minimum absolute atomic E-state index is 0.00384. The number of pyridine rings is 1. The molecular weight excluding hydrogens is 398 g/mol. The van der Waals surface area contributed by atoms with Gasteiger partial charge in [0.15, 0.2) is 11.5 Å². The lowest BCUT2D eigenvalue weighted by atomic mass is 10.2. The Morgan fingerprint density at radius 1 is 1.20 bits per heavy atom. The molecule has 3 aromatic heterocycles. The van der Waals surface area contributed by atoms with Crippen LogP contribution in [-0.2, 0) is 11.3 Å². The Labute approximate surface area is 179 Å². The SMILES string of the molecule is COc1ccc2c(ccn2CCC(=O)N[C@@H](CCSC)c2nnc3ccccn23)c1. The van der Waals surface area contributed by atoms with Gasteiger partial charge < -0.3 is 14.6 Å². The van der Waals surface area contributed by atoms with Gasteiger partial charge in [0, 0.05) is 36.3 Å². The molecule has 1 atom stereocenters. The molecule has 0 saturated heterocycles. The fourth-order valence-electron chi connectivity index (χ4n) is 3.59. The average Bonchev–Trinajstić information content (AvgIpc) is 3.38. The molecule has 1 N–H and O–H groups in total. The number of methoxy groups -OCH3 is 1. The van der Waals surface area contributed by atoms with Crippen LogP contribution in [0.15, 0.2) is 54.9 Å². The first-order valence-corrected chi connectivity index (χ1v) is 11.3. The maximum atomic E-state index is 12.8. The Morgan fingerprint density at radius 3 is 2.93 bits per heavy atom. The van der Waals surface area contributed by atoms with E-state index in [-0.39, 0.29) is 11.9 Å². The van der Waals surface area contributed by atoms with Gasteiger partial charge in [0.05, 0.1) is 13.2 Å². The van der Waals surface area contributed by atoms with Crippen LogP contribution in [0.1, 0.15) is 24.7 Å². The number of amides is 1. The van der Waals surface area contributed by atoms with E-state index in [0.29, 0.717) is 13.0 Å². The molecule has 4 rings (SSSR count). The number of rotatable bonds is 9. The molecule has 0 radical (unpaired) electrons. The molecule has 0 aliphatic heterocycles. The van der Waals surface area contributed by atoms with E-state index in [1.807, 2.05) is 59.3 Å². The number of hydrogen-bond donors (Lipinski definition) is 1. The first-order valence-electron chi connectivity index (χ1n) is 9.90. The number of hydrogen-bond acceptors (Lipinski definition) is 5. The summed E-state index contributed by atoms with van der Waals surface area (Å²) in [5.41, 5.74) is 1.87. The molecule has 0 saturated carbocycles. The summed E-state index contributed by atoms with van der Waals surface area (Å²) >= 11 is 1.75. The molecule has 1 amide bonds. The number of aryl methyl sites for hydroxylation is 1. The van der Waals surface area contributed by atoms with Crippen LogP contribution in [-0.4, -0.2) is 44.2 Å². The Hall–Kier alpha value is -3.00. The molecule has 0 fully saturated rings.